The second-order valence-electron chi connectivity index (χ2n) is 11.1. The van der Waals surface area contributed by atoms with Crippen LogP contribution in [0.1, 0.15) is 59.8 Å². The largest absolute Gasteiger partial charge is 0.477 e. The van der Waals surface area contributed by atoms with Crippen molar-refractivity contribution in [2.24, 2.45) is 5.73 Å². The number of aromatic amines is 1. The molecule has 240 valence electrons. The first-order valence-corrected chi connectivity index (χ1v) is 16.3. The lowest BCUT2D eigenvalue weighted by Gasteiger charge is -2.18. The fraction of sp³-hybridized carbons (Fsp3) is 0.312. The standard InChI is InChI=1S/C10H8BrNO.C9H5BrO2S.C9H14N2O2.C4H9NO/c1-6(13)9-4-7-2-3-8(11)5-10(7)12-9;10-6-2-1-5-3-8(9(11)12)13-7(5)4-6;1-7-5-10-11(6-7)8(12)13-9(2,3)4;5-4-1-2-6-3-4/h2-5,12H,1H3;1-4H,(H,11,12);5-6H,1-4H3;4H,1-3,5H2. The first-order valence-electron chi connectivity index (χ1n) is 13.9. The lowest BCUT2D eigenvalue weighted by molar-refractivity contribution is 0.0513. The predicted molar refractivity (Wildman–Crippen MR) is 184 cm³/mol. The molecule has 1 aliphatic rings. The summed E-state index contributed by atoms with van der Waals surface area (Å²) in [5.41, 5.74) is 7.52. The van der Waals surface area contributed by atoms with Crippen molar-refractivity contribution in [3.05, 3.63) is 86.0 Å². The molecule has 3 aromatic heterocycles. The second-order valence-corrected chi connectivity index (χ2v) is 14.1. The number of nitrogens with one attached hydrogen (secondary N) is 1. The number of aromatic nitrogens is 3. The molecular weight excluding hydrogens is 728 g/mol. The highest BCUT2D eigenvalue weighted by atomic mass is 79.9. The summed E-state index contributed by atoms with van der Waals surface area (Å²) >= 11 is 8.00. The van der Waals surface area contributed by atoms with Crippen molar-refractivity contribution >= 4 is 82.0 Å². The molecule has 13 heteroatoms. The molecule has 10 nitrogen and oxygen atoms in total. The van der Waals surface area contributed by atoms with Crippen LogP contribution in [0.4, 0.5) is 4.79 Å². The van der Waals surface area contributed by atoms with Crippen LogP contribution in [0.3, 0.4) is 0 Å². The average molecular weight is 765 g/mol. The lowest BCUT2D eigenvalue weighted by Crippen LogP contribution is -2.27. The quantitative estimate of drug-likeness (QED) is 0.152. The number of carboxylic acid groups (broad SMARTS) is 1. The van der Waals surface area contributed by atoms with Gasteiger partial charge in [0, 0.05) is 50.3 Å². The Hall–Kier alpha value is -3.36. The van der Waals surface area contributed by atoms with Gasteiger partial charge in [-0.15, -0.1) is 11.3 Å². The molecule has 45 heavy (non-hydrogen) atoms. The van der Waals surface area contributed by atoms with E-state index in [0.717, 1.165) is 55.1 Å². The summed E-state index contributed by atoms with van der Waals surface area (Å²) in [5, 5.41) is 14.6. The number of halogens is 2. The summed E-state index contributed by atoms with van der Waals surface area (Å²) in [6.07, 6.45) is 3.85. The van der Waals surface area contributed by atoms with Gasteiger partial charge in [0.2, 0.25) is 0 Å². The van der Waals surface area contributed by atoms with E-state index in [1.165, 1.54) is 16.0 Å². The second kappa shape index (κ2) is 16.3. The molecule has 0 amide bonds. The highest BCUT2D eigenvalue weighted by Gasteiger charge is 2.18. The van der Waals surface area contributed by atoms with E-state index >= 15 is 0 Å². The number of benzene rings is 2. The van der Waals surface area contributed by atoms with Gasteiger partial charge < -0.3 is 25.3 Å². The van der Waals surface area contributed by atoms with E-state index in [2.05, 4.69) is 41.9 Å². The lowest BCUT2D eigenvalue weighted by atomic mass is 10.2. The fourth-order valence-electron chi connectivity index (χ4n) is 3.77. The van der Waals surface area contributed by atoms with Gasteiger partial charge in [-0.25, -0.2) is 9.59 Å². The van der Waals surface area contributed by atoms with Crippen LogP contribution in [0.25, 0.3) is 21.0 Å². The molecule has 1 unspecified atom stereocenters. The zero-order valence-corrected chi connectivity index (χ0v) is 29.6. The third-order valence-electron chi connectivity index (χ3n) is 5.91. The number of H-pyrrole nitrogens is 1. The Labute approximate surface area is 282 Å². The molecule has 1 fully saturated rings. The number of ether oxygens (including phenoxy) is 2. The van der Waals surface area contributed by atoms with Gasteiger partial charge in [-0.05, 0) is 81.5 Å². The minimum Gasteiger partial charge on any atom is -0.477 e. The number of nitrogens with two attached hydrogens (primary N) is 1. The van der Waals surface area contributed by atoms with E-state index in [1.807, 2.05) is 70.2 Å². The minimum atomic E-state index is -0.864. The number of nitrogens with zero attached hydrogens (tertiary/aromatic N) is 2. The van der Waals surface area contributed by atoms with Crippen LogP contribution in [-0.4, -0.2) is 62.6 Å². The zero-order valence-electron chi connectivity index (χ0n) is 25.6. The minimum absolute atomic E-state index is 0.0623. The number of hydrogen-bond acceptors (Lipinski definition) is 8. The Morgan fingerprint density at radius 1 is 1.09 bits per heavy atom. The number of Topliss-reactive ketones (excluding diaryl/α,β-unsaturated/α-hetero) is 1. The third kappa shape index (κ3) is 11.8. The summed E-state index contributed by atoms with van der Waals surface area (Å²) in [6, 6.07) is 15.5. The number of fused-ring (bicyclic) bond motifs is 2. The van der Waals surface area contributed by atoms with Crippen molar-refractivity contribution in [3.63, 3.8) is 0 Å². The Balaban J connectivity index is 0.000000169. The maximum absolute atomic E-state index is 11.4. The number of carbonyl (C=O) groups excluding carboxylic acids is 2. The molecule has 2 aromatic carbocycles. The molecule has 1 saturated heterocycles. The number of hydrogen-bond donors (Lipinski definition) is 3. The van der Waals surface area contributed by atoms with E-state index in [-0.39, 0.29) is 5.78 Å². The van der Waals surface area contributed by atoms with E-state index in [0.29, 0.717) is 16.6 Å². The monoisotopic (exact) mass is 762 g/mol. The smallest absolute Gasteiger partial charge is 0.435 e. The van der Waals surface area contributed by atoms with Crippen LogP contribution in [-0.2, 0) is 9.47 Å². The SMILES string of the molecule is CC(=O)c1cc2ccc(Br)cc2[nH]1.Cc1cnn(C(=O)OC(C)(C)C)c1.NC1CCOC1.O=C(O)c1cc2ccc(Br)cc2s1. The van der Waals surface area contributed by atoms with Crippen molar-refractivity contribution < 1.29 is 29.0 Å². The molecule has 6 rings (SSSR count). The average Bonchev–Trinajstić information content (AvgIpc) is 3.75. The highest BCUT2D eigenvalue weighted by Crippen LogP contribution is 2.28. The predicted octanol–water partition coefficient (Wildman–Crippen LogP) is 8.20. The Morgan fingerprint density at radius 3 is 2.27 bits per heavy atom. The zero-order chi connectivity index (χ0) is 33.3. The van der Waals surface area contributed by atoms with Gasteiger partial charge in [0.15, 0.2) is 5.78 Å². The maximum Gasteiger partial charge on any atom is 0.435 e. The van der Waals surface area contributed by atoms with Crippen molar-refractivity contribution in [3.8, 4) is 0 Å². The molecule has 0 spiro atoms. The van der Waals surface area contributed by atoms with E-state index in [4.69, 9.17) is 20.3 Å². The van der Waals surface area contributed by atoms with Gasteiger partial charge in [-0.2, -0.15) is 9.78 Å². The number of rotatable bonds is 2. The van der Waals surface area contributed by atoms with Gasteiger partial charge in [0.1, 0.15) is 10.5 Å². The van der Waals surface area contributed by atoms with Crippen LogP contribution < -0.4 is 5.73 Å². The number of thiophene rings is 1. The molecular formula is C32H36Br2N4O6S. The normalized spacial score (nSPS) is 14.0. The van der Waals surface area contributed by atoms with E-state index in [1.54, 1.807) is 25.4 Å². The summed E-state index contributed by atoms with van der Waals surface area (Å²) in [4.78, 5) is 36.5. The fourth-order valence-corrected chi connectivity index (χ4v) is 5.59. The number of ketones is 1. The topological polar surface area (TPSA) is 150 Å². The van der Waals surface area contributed by atoms with Crippen molar-refractivity contribution in [2.45, 2.75) is 52.7 Å². The molecule has 0 radical (unpaired) electrons. The van der Waals surface area contributed by atoms with Crippen LogP contribution in [0, 0.1) is 6.92 Å². The van der Waals surface area contributed by atoms with Gasteiger partial charge in [-0.1, -0.05) is 44.0 Å². The highest BCUT2D eigenvalue weighted by molar-refractivity contribution is 9.10. The van der Waals surface area contributed by atoms with Crippen molar-refractivity contribution in [1.29, 1.82) is 0 Å². The van der Waals surface area contributed by atoms with Crippen LogP contribution in [0.5, 0.6) is 0 Å². The summed E-state index contributed by atoms with van der Waals surface area (Å²) in [5.74, 6) is -0.801. The van der Waals surface area contributed by atoms with Crippen LogP contribution >= 0.6 is 43.2 Å². The first-order chi connectivity index (χ1) is 21.1. The van der Waals surface area contributed by atoms with Crippen molar-refractivity contribution in [1.82, 2.24) is 14.8 Å². The maximum atomic E-state index is 11.4. The first kappa shape index (κ1) is 36.1. The number of aryl methyl sites for hydroxylation is 1. The molecule has 0 saturated carbocycles. The molecule has 0 bridgehead atoms. The molecule has 4 heterocycles. The number of carboxylic acids is 1. The number of carbonyl (C=O) groups is 3. The molecule has 1 atom stereocenters. The molecule has 0 aliphatic carbocycles. The van der Waals surface area contributed by atoms with Gasteiger partial charge in [0.25, 0.3) is 0 Å². The van der Waals surface area contributed by atoms with Gasteiger partial charge in [-0.3, -0.25) is 4.79 Å². The van der Waals surface area contributed by atoms with Gasteiger partial charge in [0.05, 0.1) is 18.5 Å². The Kier molecular flexibility index (Phi) is 13.1. The van der Waals surface area contributed by atoms with E-state index < -0.39 is 17.7 Å². The summed E-state index contributed by atoms with van der Waals surface area (Å²) < 4.78 is 14.2. The van der Waals surface area contributed by atoms with Crippen LogP contribution in [0.2, 0.25) is 0 Å². The Bertz CT molecular complexity index is 1680. The van der Waals surface area contributed by atoms with Crippen LogP contribution in [0.15, 0.2) is 69.9 Å². The summed E-state index contributed by atoms with van der Waals surface area (Å²) in [7, 11) is 0. The summed E-state index contributed by atoms with van der Waals surface area (Å²) in [6.45, 7) is 10.5. The molecule has 1 aliphatic heterocycles. The number of aromatic carboxylic acids is 1. The van der Waals surface area contributed by atoms with Crippen molar-refractivity contribution in [2.75, 3.05) is 13.2 Å². The third-order valence-corrected chi connectivity index (χ3v) is 7.99. The van der Waals surface area contributed by atoms with Gasteiger partial charge >= 0.3 is 12.1 Å². The van der Waals surface area contributed by atoms with E-state index in [9.17, 15) is 14.4 Å². The molecule has 4 N–H and O–H groups in total. The molecule has 5 aromatic rings. The Morgan fingerprint density at radius 2 is 1.76 bits per heavy atom.